The number of carboxylic acid groups (broad SMARTS) is 1. The van der Waals surface area contributed by atoms with E-state index < -0.39 is 5.97 Å². The number of nitrogens with zero attached hydrogens (tertiary/aromatic N) is 1. The van der Waals surface area contributed by atoms with E-state index in [9.17, 15) is 9.90 Å². The number of nitrogens with one attached hydrogen (secondary N) is 2. The standard InChI is InChI=1S/C26H33N3O2/c1-3-20(16-26(30)31)22-11-14-24(28-18(2)21-7-5-4-6-8-21)25(15-22)29-23-12-9-19(17-27)10-13-23/h9-15,18,20-21,28-29H,3-8,16H2,1-2H3,(H,30,31)/t18-,20?/m0/s1. The number of carbonyl (C=O) groups is 1. The number of benzene rings is 2. The van der Waals surface area contributed by atoms with Crippen LogP contribution in [0.5, 0.6) is 0 Å². The van der Waals surface area contributed by atoms with Crippen LogP contribution < -0.4 is 10.6 Å². The number of hydrogen-bond acceptors (Lipinski definition) is 4. The van der Waals surface area contributed by atoms with Gasteiger partial charge in [-0.05, 0) is 80.0 Å². The molecule has 1 aliphatic rings. The van der Waals surface area contributed by atoms with Crippen molar-refractivity contribution >= 4 is 23.0 Å². The molecule has 0 aliphatic heterocycles. The number of nitriles is 1. The molecule has 1 unspecified atom stereocenters. The van der Waals surface area contributed by atoms with Gasteiger partial charge < -0.3 is 15.7 Å². The van der Waals surface area contributed by atoms with Crippen LogP contribution in [0.4, 0.5) is 17.1 Å². The Morgan fingerprint density at radius 1 is 1.13 bits per heavy atom. The highest BCUT2D eigenvalue weighted by Gasteiger charge is 2.21. The van der Waals surface area contributed by atoms with Gasteiger partial charge in [-0.25, -0.2) is 0 Å². The molecule has 1 fully saturated rings. The third-order valence-corrected chi connectivity index (χ3v) is 6.46. The minimum Gasteiger partial charge on any atom is -0.481 e. The molecule has 2 aromatic carbocycles. The molecule has 0 spiro atoms. The van der Waals surface area contributed by atoms with Crippen LogP contribution in [0.2, 0.25) is 0 Å². The summed E-state index contributed by atoms with van der Waals surface area (Å²) >= 11 is 0. The molecule has 5 heteroatoms. The molecular weight excluding hydrogens is 386 g/mol. The minimum absolute atomic E-state index is 0.0242. The lowest BCUT2D eigenvalue weighted by molar-refractivity contribution is -0.137. The van der Waals surface area contributed by atoms with E-state index in [0.29, 0.717) is 17.5 Å². The van der Waals surface area contributed by atoms with Crippen LogP contribution in [0, 0.1) is 17.2 Å². The lowest BCUT2D eigenvalue weighted by atomic mass is 9.84. The fourth-order valence-electron chi connectivity index (χ4n) is 4.53. The van der Waals surface area contributed by atoms with Gasteiger partial charge in [-0.1, -0.05) is 32.3 Å². The van der Waals surface area contributed by atoms with E-state index in [-0.39, 0.29) is 12.3 Å². The van der Waals surface area contributed by atoms with Crippen LogP contribution >= 0.6 is 0 Å². The Balaban J connectivity index is 1.88. The van der Waals surface area contributed by atoms with Gasteiger partial charge in [0.1, 0.15) is 0 Å². The largest absolute Gasteiger partial charge is 0.481 e. The first kappa shape index (κ1) is 22.7. The van der Waals surface area contributed by atoms with Crippen molar-refractivity contribution in [3.63, 3.8) is 0 Å². The zero-order chi connectivity index (χ0) is 22.2. The number of carboxylic acids is 1. The minimum atomic E-state index is -0.776. The summed E-state index contributed by atoms with van der Waals surface area (Å²) < 4.78 is 0. The predicted octanol–water partition coefficient (Wildman–Crippen LogP) is 6.65. The van der Waals surface area contributed by atoms with Gasteiger partial charge in [-0.15, -0.1) is 0 Å². The highest BCUT2D eigenvalue weighted by Crippen LogP contribution is 2.35. The maximum Gasteiger partial charge on any atom is 0.303 e. The van der Waals surface area contributed by atoms with Crippen LogP contribution in [0.15, 0.2) is 42.5 Å². The Hall–Kier alpha value is -3.00. The second-order valence-electron chi connectivity index (χ2n) is 8.65. The molecule has 0 amide bonds. The van der Waals surface area contributed by atoms with Crippen molar-refractivity contribution in [3.05, 3.63) is 53.6 Å². The molecule has 2 aromatic rings. The third-order valence-electron chi connectivity index (χ3n) is 6.46. The van der Waals surface area contributed by atoms with Crippen LogP contribution in [0.1, 0.15) is 75.8 Å². The zero-order valence-electron chi connectivity index (χ0n) is 18.5. The summed E-state index contributed by atoms with van der Waals surface area (Å²) in [6.45, 7) is 4.29. The quantitative estimate of drug-likeness (QED) is 0.423. The fourth-order valence-corrected chi connectivity index (χ4v) is 4.53. The highest BCUT2D eigenvalue weighted by molar-refractivity contribution is 5.76. The average molecular weight is 420 g/mol. The lowest BCUT2D eigenvalue weighted by Crippen LogP contribution is -2.28. The van der Waals surface area contributed by atoms with E-state index in [1.54, 1.807) is 12.1 Å². The molecule has 31 heavy (non-hydrogen) atoms. The van der Waals surface area contributed by atoms with Crippen molar-refractivity contribution in [1.29, 1.82) is 5.26 Å². The van der Waals surface area contributed by atoms with Gasteiger partial charge in [-0.3, -0.25) is 4.79 Å². The first-order valence-electron chi connectivity index (χ1n) is 11.4. The molecule has 0 radical (unpaired) electrons. The monoisotopic (exact) mass is 419 g/mol. The summed E-state index contributed by atoms with van der Waals surface area (Å²) in [5.41, 5.74) is 4.51. The van der Waals surface area contributed by atoms with Gasteiger partial charge in [0.2, 0.25) is 0 Å². The van der Waals surface area contributed by atoms with E-state index in [0.717, 1.165) is 29.0 Å². The van der Waals surface area contributed by atoms with Gasteiger partial charge >= 0.3 is 5.97 Å². The molecule has 1 aliphatic carbocycles. The van der Waals surface area contributed by atoms with Crippen molar-refractivity contribution in [3.8, 4) is 6.07 Å². The number of hydrogen-bond donors (Lipinski definition) is 3. The summed E-state index contributed by atoms with van der Waals surface area (Å²) in [5.74, 6) is -0.128. The normalized spacial score (nSPS) is 16.2. The third kappa shape index (κ3) is 6.24. The van der Waals surface area contributed by atoms with E-state index >= 15 is 0 Å². The maximum atomic E-state index is 11.3. The van der Waals surface area contributed by atoms with Crippen molar-refractivity contribution in [1.82, 2.24) is 0 Å². The van der Waals surface area contributed by atoms with E-state index in [1.165, 1.54) is 32.1 Å². The summed E-state index contributed by atoms with van der Waals surface area (Å²) in [6, 6.07) is 16.1. The van der Waals surface area contributed by atoms with Gasteiger partial charge in [0.15, 0.2) is 0 Å². The zero-order valence-corrected chi connectivity index (χ0v) is 18.5. The van der Waals surface area contributed by atoms with Crippen LogP contribution in [0.25, 0.3) is 0 Å². The summed E-state index contributed by atoms with van der Waals surface area (Å²) in [7, 11) is 0. The van der Waals surface area contributed by atoms with Crippen molar-refractivity contribution in [2.75, 3.05) is 10.6 Å². The topological polar surface area (TPSA) is 85.2 Å². The van der Waals surface area contributed by atoms with Gasteiger partial charge in [0.25, 0.3) is 0 Å². The summed E-state index contributed by atoms with van der Waals surface area (Å²) in [5, 5.41) is 25.5. The van der Waals surface area contributed by atoms with Crippen molar-refractivity contribution in [2.24, 2.45) is 5.92 Å². The summed E-state index contributed by atoms with van der Waals surface area (Å²) in [4.78, 5) is 11.3. The Kier molecular flexibility index (Phi) is 7.94. The summed E-state index contributed by atoms with van der Waals surface area (Å²) in [6.07, 6.45) is 7.37. The van der Waals surface area contributed by atoms with Gasteiger partial charge in [0.05, 0.1) is 29.4 Å². The average Bonchev–Trinajstić information content (AvgIpc) is 2.79. The van der Waals surface area contributed by atoms with Gasteiger partial charge in [0, 0.05) is 11.7 Å². The molecule has 0 heterocycles. The first-order chi connectivity index (χ1) is 15.0. The SMILES string of the molecule is CCC(CC(=O)O)c1ccc(N[C@@H](C)C2CCCCC2)c(Nc2ccc(C#N)cc2)c1. The van der Waals surface area contributed by atoms with Gasteiger partial charge in [-0.2, -0.15) is 5.26 Å². The molecule has 0 aromatic heterocycles. The van der Waals surface area contributed by atoms with E-state index in [2.05, 4.69) is 41.8 Å². The molecule has 0 saturated heterocycles. The molecule has 0 bridgehead atoms. The van der Waals surface area contributed by atoms with Crippen LogP contribution in [0.3, 0.4) is 0 Å². The van der Waals surface area contributed by atoms with Crippen molar-refractivity contribution < 1.29 is 9.90 Å². The van der Waals surface area contributed by atoms with Crippen LogP contribution in [-0.4, -0.2) is 17.1 Å². The molecule has 3 N–H and O–H groups in total. The first-order valence-corrected chi connectivity index (χ1v) is 11.4. The number of aliphatic carboxylic acids is 1. The second-order valence-corrected chi connectivity index (χ2v) is 8.65. The van der Waals surface area contributed by atoms with Crippen LogP contribution in [-0.2, 0) is 4.79 Å². The highest BCUT2D eigenvalue weighted by atomic mass is 16.4. The molecule has 164 valence electrons. The Morgan fingerprint density at radius 2 is 1.84 bits per heavy atom. The molecule has 3 rings (SSSR count). The smallest absolute Gasteiger partial charge is 0.303 e. The molecule has 2 atom stereocenters. The fraction of sp³-hybridized carbons (Fsp3) is 0.462. The van der Waals surface area contributed by atoms with E-state index in [4.69, 9.17) is 5.26 Å². The number of anilines is 3. The molecule has 1 saturated carbocycles. The van der Waals surface area contributed by atoms with Crippen molar-refractivity contribution in [2.45, 2.75) is 70.8 Å². The Labute approximate surface area is 185 Å². The lowest BCUT2D eigenvalue weighted by Gasteiger charge is -2.30. The second kappa shape index (κ2) is 10.9. The molecular formula is C26H33N3O2. The van der Waals surface area contributed by atoms with E-state index in [1.807, 2.05) is 19.1 Å². The maximum absolute atomic E-state index is 11.3. The number of rotatable bonds is 9. The Morgan fingerprint density at radius 3 is 2.45 bits per heavy atom. The predicted molar refractivity (Wildman–Crippen MR) is 126 cm³/mol. The Bertz CT molecular complexity index is 911. The molecule has 5 nitrogen and oxygen atoms in total.